The van der Waals surface area contributed by atoms with Gasteiger partial charge >= 0.3 is 0 Å². The maximum atomic E-state index is 11.6. The average molecular weight is 189 g/mol. The van der Waals surface area contributed by atoms with E-state index in [1.54, 1.807) is 0 Å². The first kappa shape index (κ1) is 8.62. The molecule has 0 aliphatic heterocycles. The fraction of sp³-hybridized carbons (Fsp3) is 0.100. The fourth-order valence-electron chi connectivity index (χ4n) is 1.51. The van der Waals surface area contributed by atoms with Crippen molar-refractivity contribution in [2.75, 3.05) is 5.84 Å². The first-order valence-electron chi connectivity index (χ1n) is 4.32. The molecule has 1 aromatic carbocycles. The van der Waals surface area contributed by atoms with Crippen LogP contribution in [0.5, 0.6) is 0 Å². The number of H-pyrrole nitrogens is 1. The topological polar surface area (TPSA) is 63.8 Å². The van der Waals surface area contributed by atoms with E-state index in [0.717, 1.165) is 16.0 Å². The summed E-state index contributed by atoms with van der Waals surface area (Å²) in [5, 5.41) is 2.76. The van der Waals surface area contributed by atoms with Gasteiger partial charge in [-0.3, -0.25) is 9.89 Å². The molecule has 0 aliphatic carbocycles. The SMILES string of the molecule is Cc1[nH]n(N)c(=O)c1-c1ccccc1. The van der Waals surface area contributed by atoms with Gasteiger partial charge < -0.3 is 5.84 Å². The van der Waals surface area contributed by atoms with E-state index < -0.39 is 0 Å². The van der Waals surface area contributed by atoms with Gasteiger partial charge in [0.2, 0.25) is 0 Å². The number of rotatable bonds is 1. The van der Waals surface area contributed by atoms with Crippen LogP contribution in [-0.4, -0.2) is 9.89 Å². The summed E-state index contributed by atoms with van der Waals surface area (Å²) in [6.45, 7) is 1.83. The van der Waals surface area contributed by atoms with Gasteiger partial charge in [0.15, 0.2) is 0 Å². The third-order valence-electron chi connectivity index (χ3n) is 2.16. The molecule has 2 aromatic rings. The lowest BCUT2D eigenvalue weighted by Crippen LogP contribution is -2.24. The zero-order valence-electron chi connectivity index (χ0n) is 7.82. The van der Waals surface area contributed by atoms with Crippen LogP contribution in [-0.2, 0) is 0 Å². The molecule has 0 atom stereocenters. The van der Waals surface area contributed by atoms with Crippen LogP contribution >= 0.6 is 0 Å². The molecule has 0 radical (unpaired) electrons. The second-order valence-electron chi connectivity index (χ2n) is 3.15. The van der Waals surface area contributed by atoms with E-state index in [1.807, 2.05) is 37.3 Å². The molecule has 0 fully saturated rings. The molecule has 4 nitrogen and oxygen atoms in total. The lowest BCUT2D eigenvalue weighted by atomic mass is 10.1. The summed E-state index contributed by atoms with van der Waals surface area (Å²) < 4.78 is 0. The Morgan fingerprint density at radius 3 is 2.43 bits per heavy atom. The van der Waals surface area contributed by atoms with E-state index in [2.05, 4.69) is 5.10 Å². The summed E-state index contributed by atoms with van der Waals surface area (Å²) in [5.74, 6) is 5.43. The molecule has 4 heteroatoms. The molecule has 72 valence electrons. The summed E-state index contributed by atoms with van der Waals surface area (Å²) in [7, 11) is 0. The highest BCUT2D eigenvalue weighted by molar-refractivity contribution is 5.64. The monoisotopic (exact) mass is 189 g/mol. The zero-order chi connectivity index (χ0) is 10.1. The minimum absolute atomic E-state index is 0.200. The van der Waals surface area contributed by atoms with Gasteiger partial charge in [-0.2, -0.15) is 4.79 Å². The number of aromatic amines is 1. The molecule has 2 rings (SSSR count). The van der Waals surface area contributed by atoms with Gasteiger partial charge in [-0.1, -0.05) is 30.3 Å². The van der Waals surface area contributed by atoms with Crippen molar-refractivity contribution in [3.8, 4) is 11.1 Å². The predicted molar refractivity (Wildman–Crippen MR) is 55.4 cm³/mol. The Morgan fingerprint density at radius 1 is 1.29 bits per heavy atom. The number of aromatic nitrogens is 2. The van der Waals surface area contributed by atoms with E-state index in [0.29, 0.717) is 5.56 Å². The summed E-state index contributed by atoms with van der Waals surface area (Å²) >= 11 is 0. The van der Waals surface area contributed by atoms with Gasteiger partial charge in [0, 0.05) is 5.69 Å². The minimum atomic E-state index is -0.200. The van der Waals surface area contributed by atoms with Crippen LogP contribution in [0.15, 0.2) is 35.1 Å². The van der Waals surface area contributed by atoms with E-state index in [4.69, 9.17) is 5.84 Å². The Hall–Kier alpha value is -1.97. The maximum absolute atomic E-state index is 11.6. The second kappa shape index (κ2) is 3.06. The standard InChI is InChI=1S/C10H11N3O/c1-7-9(10(14)13(11)12-7)8-5-3-2-4-6-8/h2-6,12H,11H2,1H3. The smallest absolute Gasteiger partial charge is 0.293 e. The van der Waals surface area contributed by atoms with E-state index in [9.17, 15) is 4.79 Å². The molecule has 0 bridgehead atoms. The molecule has 0 saturated heterocycles. The van der Waals surface area contributed by atoms with Crippen LogP contribution in [0.3, 0.4) is 0 Å². The lowest BCUT2D eigenvalue weighted by molar-refractivity contribution is 0.790. The highest BCUT2D eigenvalue weighted by Gasteiger charge is 2.10. The van der Waals surface area contributed by atoms with Crippen molar-refractivity contribution in [2.45, 2.75) is 6.92 Å². The number of hydrogen-bond donors (Lipinski definition) is 2. The van der Waals surface area contributed by atoms with Crippen LogP contribution in [0, 0.1) is 6.92 Å². The number of hydrogen-bond acceptors (Lipinski definition) is 2. The largest absolute Gasteiger partial charge is 0.321 e. The quantitative estimate of drug-likeness (QED) is 0.654. The Morgan fingerprint density at radius 2 is 1.93 bits per heavy atom. The fourth-order valence-corrected chi connectivity index (χ4v) is 1.51. The number of nitrogens with zero attached hydrogens (tertiary/aromatic N) is 1. The summed E-state index contributed by atoms with van der Waals surface area (Å²) in [5.41, 5.74) is 2.10. The third-order valence-corrected chi connectivity index (χ3v) is 2.16. The molecule has 0 amide bonds. The molecule has 1 aromatic heterocycles. The van der Waals surface area contributed by atoms with Crippen molar-refractivity contribution in [3.05, 3.63) is 46.4 Å². The van der Waals surface area contributed by atoms with Crippen LogP contribution in [0.4, 0.5) is 0 Å². The number of benzene rings is 1. The van der Waals surface area contributed by atoms with Crippen molar-refractivity contribution < 1.29 is 0 Å². The highest BCUT2D eigenvalue weighted by Crippen LogP contribution is 2.16. The maximum Gasteiger partial charge on any atom is 0.293 e. The van der Waals surface area contributed by atoms with Gasteiger partial charge in [-0.25, -0.2) is 0 Å². The van der Waals surface area contributed by atoms with Crippen molar-refractivity contribution in [2.24, 2.45) is 0 Å². The molecule has 0 aliphatic rings. The first-order chi connectivity index (χ1) is 6.70. The van der Waals surface area contributed by atoms with Crippen LogP contribution in [0.2, 0.25) is 0 Å². The van der Waals surface area contributed by atoms with Crippen molar-refractivity contribution in [1.82, 2.24) is 9.89 Å². The molecular weight excluding hydrogens is 178 g/mol. The Labute approximate surface area is 80.9 Å². The zero-order valence-corrected chi connectivity index (χ0v) is 7.82. The normalized spacial score (nSPS) is 10.4. The highest BCUT2D eigenvalue weighted by atomic mass is 16.1. The third kappa shape index (κ3) is 1.21. The summed E-state index contributed by atoms with van der Waals surface area (Å²) in [6.07, 6.45) is 0. The number of nitrogens with two attached hydrogens (primary N) is 1. The first-order valence-corrected chi connectivity index (χ1v) is 4.32. The van der Waals surface area contributed by atoms with Crippen LogP contribution in [0.25, 0.3) is 11.1 Å². The van der Waals surface area contributed by atoms with Gasteiger partial charge in [0.05, 0.1) is 5.56 Å². The number of aryl methyl sites for hydroxylation is 1. The van der Waals surface area contributed by atoms with Gasteiger partial charge in [-0.05, 0) is 12.5 Å². The minimum Gasteiger partial charge on any atom is -0.321 e. The Balaban J connectivity index is 2.69. The Bertz CT molecular complexity index is 496. The summed E-state index contributed by atoms with van der Waals surface area (Å²) in [4.78, 5) is 12.6. The molecule has 0 saturated carbocycles. The molecule has 1 heterocycles. The van der Waals surface area contributed by atoms with Crippen LogP contribution in [0.1, 0.15) is 5.69 Å². The molecule has 14 heavy (non-hydrogen) atoms. The van der Waals surface area contributed by atoms with Crippen molar-refractivity contribution in [3.63, 3.8) is 0 Å². The van der Waals surface area contributed by atoms with Gasteiger partial charge in [0.1, 0.15) is 0 Å². The van der Waals surface area contributed by atoms with Gasteiger partial charge in [-0.15, -0.1) is 0 Å². The Kier molecular flexibility index (Phi) is 1.89. The van der Waals surface area contributed by atoms with Crippen molar-refractivity contribution in [1.29, 1.82) is 0 Å². The van der Waals surface area contributed by atoms with Crippen molar-refractivity contribution >= 4 is 0 Å². The van der Waals surface area contributed by atoms with E-state index in [-0.39, 0.29) is 5.56 Å². The molecular formula is C10H11N3O. The number of nitrogen functional groups attached to an aromatic ring is 1. The molecule has 0 unspecified atom stereocenters. The predicted octanol–water partition coefficient (Wildman–Crippen LogP) is 0.866. The average Bonchev–Trinajstić information content (AvgIpc) is 2.43. The number of nitrogens with one attached hydrogen (secondary N) is 1. The molecule has 0 spiro atoms. The van der Waals surface area contributed by atoms with Crippen LogP contribution < -0.4 is 11.4 Å². The summed E-state index contributed by atoms with van der Waals surface area (Å²) in [6, 6.07) is 9.46. The van der Waals surface area contributed by atoms with E-state index >= 15 is 0 Å². The van der Waals surface area contributed by atoms with E-state index in [1.165, 1.54) is 0 Å². The molecule has 3 N–H and O–H groups in total. The second-order valence-corrected chi connectivity index (χ2v) is 3.15. The van der Waals surface area contributed by atoms with Gasteiger partial charge in [0.25, 0.3) is 5.56 Å². The lowest BCUT2D eigenvalue weighted by Gasteiger charge is -1.95.